The zero-order valence-electron chi connectivity index (χ0n) is 49.4. The molecule has 0 heterocycles. The van der Waals surface area contributed by atoms with Gasteiger partial charge in [-0.3, -0.25) is 0 Å². The molecule has 0 spiro atoms. The van der Waals surface area contributed by atoms with Crippen molar-refractivity contribution in [2.45, 2.75) is 127 Å². The fourth-order valence-corrected chi connectivity index (χ4v) is 10.8. The van der Waals surface area contributed by atoms with Gasteiger partial charge in [-0.1, -0.05) is 269 Å². The lowest BCUT2D eigenvalue weighted by Crippen LogP contribution is -1.96. The summed E-state index contributed by atoms with van der Waals surface area (Å²) in [5.41, 5.74) is 30.4. The van der Waals surface area contributed by atoms with Gasteiger partial charge in [-0.2, -0.15) is 0 Å². The Balaban J connectivity index is 0.000000158. The van der Waals surface area contributed by atoms with E-state index in [1.165, 1.54) is 106 Å². The number of aryl methyl sites for hydroxylation is 10. The summed E-state index contributed by atoms with van der Waals surface area (Å²) in [6, 6.07) is 76.4. The highest BCUT2D eigenvalue weighted by atomic mass is 19.1. The van der Waals surface area contributed by atoms with Gasteiger partial charge in [0, 0.05) is 5.56 Å². The van der Waals surface area contributed by atoms with Gasteiger partial charge in [0.2, 0.25) is 0 Å². The number of hydrogen-bond donors (Lipinski definition) is 0. The Bertz CT molecular complexity index is 3470. The van der Waals surface area contributed by atoms with Crippen molar-refractivity contribution in [2.75, 3.05) is 0 Å². The lowest BCUT2D eigenvalue weighted by atomic mass is 9.88. The van der Waals surface area contributed by atoms with Crippen LogP contribution in [0.15, 0.2) is 212 Å². The molecule has 0 amide bonds. The molecule has 0 aromatic heterocycles. The first-order valence-electron chi connectivity index (χ1n) is 29.8. The molecule has 0 unspecified atom stereocenters. The molecule has 10 aromatic carbocycles. The third-order valence-corrected chi connectivity index (χ3v) is 16.2. The molecule has 406 valence electrons. The third-order valence-electron chi connectivity index (χ3n) is 16.2. The van der Waals surface area contributed by atoms with Crippen molar-refractivity contribution in [3.63, 3.8) is 0 Å². The predicted octanol–water partition coefficient (Wildman–Crippen LogP) is 22.2. The van der Waals surface area contributed by atoms with Crippen LogP contribution >= 0.6 is 0 Å². The van der Waals surface area contributed by atoms with Crippen LogP contribution in [0.25, 0.3) is 77.9 Å². The van der Waals surface area contributed by atoms with Crippen molar-refractivity contribution in [1.82, 2.24) is 0 Å². The molecule has 0 aliphatic rings. The van der Waals surface area contributed by atoms with Crippen LogP contribution in [0.5, 0.6) is 0 Å². The van der Waals surface area contributed by atoms with Gasteiger partial charge in [-0.15, -0.1) is 0 Å². The van der Waals surface area contributed by atoms with Gasteiger partial charge in [0.25, 0.3) is 0 Å². The molecule has 0 bridgehead atoms. The Kier molecular flexibility index (Phi) is 20.6. The third kappa shape index (κ3) is 14.3. The van der Waals surface area contributed by atoms with Crippen LogP contribution in [-0.4, -0.2) is 0 Å². The van der Waals surface area contributed by atoms with Gasteiger partial charge in [0.1, 0.15) is 5.82 Å². The van der Waals surface area contributed by atoms with E-state index >= 15 is 0 Å². The summed E-state index contributed by atoms with van der Waals surface area (Å²) in [6.45, 7) is 22.1. The minimum atomic E-state index is -0.192. The molecule has 0 atom stereocenters. The molecule has 0 fully saturated rings. The molecule has 0 radical (unpaired) electrons. The summed E-state index contributed by atoms with van der Waals surface area (Å²) in [7, 11) is 0. The normalized spacial score (nSPS) is 10.9. The second kappa shape index (κ2) is 28.3. The molecule has 1 heteroatoms. The lowest BCUT2D eigenvalue weighted by molar-refractivity contribution is 0.632. The molecule has 0 saturated heterocycles. The van der Waals surface area contributed by atoms with Gasteiger partial charge in [-0.05, 0) is 199 Å². The largest absolute Gasteiger partial charge is 0.206 e. The minimum absolute atomic E-state index is 0.192. The Hall–Kier alpha value is -7.87. The highest BCUT2D eigenvalue weighted by Gasteiger charge is 2.14. The van der Waals surface area contributed by atoms with Gasteiger partial charge >= 0.3 is 0 Å². The van der Waals surface area contributed by atoms with E-state index in [0.717, 1.165) is 80.0 Å². The first-order chi connectivity index (χ1) is 39.0. The van der Waals surface area contributed by atoms with Crippen LogP contribution < -0.4 is 0 Å². The maximum Gasteiger partial charge on any atom is 0.131 e. The van der Waals surface area contributed by atoms with E-state index in [0.29, 0.717) is 5.56 Å². The highest BCUT2D eigenvalue weighted by Crippen LogP contribution is 2.36. The maximum absolute atomic E-state index is 14.9. The van der Waals surface area contributed by atoms with E-state index in [1.807, 2.05) is 24.3 Å². The van der Waals surface area contributed by atoms with Crippen molar-refractivity contribution in [3.8, 4) is 77.9 Å². The van der Waals surface area contributed by atoms with Gasteiger partial charge in [-0.25, -0.2) is 4.39 Å². The van der Waals surface area contributed by atoms with E-state index in [4.69, 9.17) is 0 Å². The average Bonchev–Trinajstić information content (AvgIpc) is 3.57. The molecule has 0 aliphatic carbocycles. The quantitative estimate of drug-likeness (QED) is 0.0905. The number of hydrogen-bond acceptors (Lipinski definition) is 0. The van der Waals surface area contributed by atoms with E-state index in [2.05, 4.69) is 251 Å². The zero-order valence-corrected chi connectivity index (χ0v) is 49.4. The highest BCUT2D eigenvalue weighted by molar-refractivity contribution is 5.79. The van der Waals surface area contributed by atoms with E-state index in [-0.39, 0.29) is 5.82 Å². The first kappa shape index (κ1) is 58.3. The SMILES string of the molecule is CCc1ccc(-c2cc(CC)c(-c3ccc(CC)cc3)cc2C)cc1.CCc1ccc(-c2cc(CC)c(-c3ccc(CC)cc3)cc2CC)cc1.CCc1ccc(-c2ccc(-c3ccc(-c4ccc(CC)cc4)cc3F)cc2)cc1. The number of benzene rings is 10. The maximum atomic E-state index is 14.9. The molecular weight excluding hydrogens is 968 g/mol. The van der Waals surface area contributed by atoms with Crippen molar-refractivity contribution in [3.05, 3.63) is 274 Å². The number of rotatable bonds is 16. The van der Waals surface area contributed by atoms with Crippen molar-refractivity contribution in [2.24, 2.45) is 0 Å². The summed E-state index contributed by atoms with van der Waals surface area (Å²) < 4.78 is 14.9. The molecular formula is C79H83F. The van der Waals surface area contributed by atoms with Crippen LogP contribution in [-0.2, 0) is 57.8 Å². The van der Waals surface area contributed by atoms with Crippen molar-refractivity contribution < 1.29 is 4.39 Å². The molecule has 10 rings (SSSR count). The summed E-state index contributed by atoms with van der Waals surface area (Å²) in [5.74, 6) is -0.192. The molecule has 80 heavy (non-hydrogen) atoms. The second-order valence-electron chi connectivity index (χ2n) is 21.1. The molecule has 0 N–H and O–H groups in total. The smallest absolute Gasteiger partial charge is 0.131 e. The first-order valence-corrected chi connectivity index (χ1v) is 29.8. The fourth-order valence-electron chi connectivity index (χ4n) is 10.8. The Morgan fingerprint density at radius 3 is 0.738 bits per heavy atom. The summed E-state index contributed by atoms with van der Waals surface area (Å²) >= 11 is 0. The van der Waals surface area contributed by atoms with Gasteiger partial charge in [0.05, 0.1) is 0 Å². The van der Waals surface area contributed by atoms with Crippen LogP contribution in [0.3, 0.4) is 0 Å². The average molecular weight is 1050 g/mol. The van der Waals surface area contributed by atoms with Crippen LogP contribution in [0.4, 0.5) is 4.39 Å². The van der Waals surface area contributed by atoms with Crippen molar-refractivity contribution >= 4 is 0 Å². The number of halogens is 1. The Morgan fingerprint density at radius 2 is 0.438 bits per heavy atom. The predicted molar refractivity (Wildman–Crippen MR) is 346 cm³/mol. The van der Waals surface area contributed by atoms with Gasteiger partial charge in [0.15, 0.2) is 0 Å². The molecule has 0 aliphatic heterocycles. The van der Waals surface area contributed by atoms with Crippen LogP contribution in [0.2, 0.25) is 0 Å². The standard InChI is InChI=1S/C28H25F.C26H30.C25H28/c1-3-20-5-9-22(10-6-20)23-13-15-25(16-14-23)27-18-17-26(19-28(27)29)24-11-7-21(4-2)8-12-24;1-5-19-9-13-23(14-10-19)25-17-22(8-4)26(18-21(25)7-3)24-15-11-20(6-2)12-16-24;1-5-19-8-12-22(13-9-19)24-17-21(7-3)25(16-18(24)4)23-14-10-20(6-2)11-15-23/h5-19H,3-4H2,1-2H3;9-18H,5-8H2,1-4H3;8-17H,5-7H2,1-4H3. The molecule has 10 aromatic rings. The Morgan fingerprint density at radius 1 is 0.212 bits per heavy atom. The lowest BCUT2D eigenvalue weighted by Gasteiger charge is -2.16. The monoisotopic (exact) mass is 1050 g/mol. The summed E-state index contributed by atoms with van der Waals surface area (Å²) in [5, 5.41) is 0. The Labute approximate surface area is 480 Å². The summed E-state index contributed by atoms with van der Waals surface area (Å²) in [6.07, 6.45) is 9.55. The second-order valence-corrected chi connectivity index (χ2v) is 21.1. The molecule has 0 saturated carbocycles. The molecule has 0 nitrogen and oxygen atoms in total. The topological polar surface area (TPSA) is 0 Å². The fraction of sp³-hybridized carbons (Fsp3) is 0.241. The van der Waals surface area contributed by atoms with E-state index in [1.54, 1.807) is 6.07 Å². The van der Waals surface area contributed by atoms with Gasteiger partial charge < -0.3 is 0 Å². The summed E-state index contributed by atoms with van der Waals surface area (Å²) in [4.78, 5) is 0. The minimum Gasteiger partial charge on any atom is -0.206 e. The van der Waals surface area contributed by atoms with E-state index in [9.17, 15) is 4.39 Å². The van der Waals surface area contributed by atoms with Crippen LogP contribution in [0, 0.1) is 12.7 Å². The van der Waals surface area contributed by atoms with Crippen molar-refractivity contribution in [1.29, 1.82) is 0 Å². The van der Waals surface area contributed by atoms with Crippen LogP contribution in [0.1, 0.15) is 118 Å². The zero-order chi connectivity index (χ0) is 56.5. The van der Waals surface area contributed by atoms with E-state index < -0.39 is 0 Å².